The van der Waals surface area contributed by atoms with E-state index in [1.165, 1.54) is 0 Å². The van der Waals surface area contributed by atoms with Crippen LogP contribution in [0, 0.1) is 11.8 Å². The Labute approximate surface area is 115 Å². The normalized spacial score (nSPS) is 18.1. The van der Waals surface area contributed by atoms with Gasteiger partial charge in [-0.25, -0.2) is 9.67 Å². The van der Waals surface area contributed by atoms with E-state index < -0.39 is 0 Å². The van der Waals surface area contributed by atoms with Gasteiger partial charge in [-0.1, -0.05) is 13.8 Å². The third-order valence-electron chi connectivity index (χ3n) is 3.76. The van der Waals surface area contributed by atoms with E-state index in [1.54, 1.807) is 13.3 Å². The Bertz CT molecular complexity index is 419. The van der Waals surface area contributed by atoms with Gasteiger partial charge in [0.2, 0.25) is 0 Å². The zero-order chi connectivity index (χ0) is 13.8. The summed E-state index contributed by atoms with van der Waals surface area (Å²) in [7, 11) is 0. The highest BCUT2D eigenvalue weighted by atomic mass is 16.1. The van der Waals surface area contributed by atoms with E-state index in [9.17, 15) is 4.79 Å². The smallest absolute Gasteiger partial charge is 0.141 e. The van der Waals surface area contributed by atoms with Gasteiger partial charge in [0, 0.05) is 12.5 Å². The van der Waals surface area contributed by atoms with Gasteiger partial charge in [0.25, 0.3) is 0 Å². The monoisotopic (exact) mass is 264 g/mol. The summed E-state index contributed by atoms with van der Waals surface area (Å²) in [5, 5.41) is 4.29. The Balaban J connectivity index is 1.89. The molecule has 2 heterocycles. The summed E-state index contributed by atoms with van der Waals surface area (Å²) in [6.07, 6.45) is 3.60. The van der Waals surface area contributed by atoms with Gasteiger partial charge in [0.1, 0.15) is 17.9 Å². The molecule has 0 N–H and O–H groups in total. The van der Waals surface area contributed by atoms with Gasteiger partial charge in [0.15, 0.2) is 0 Å². The molecule has 1 aromatic rings. The Hall–Kier alpha value is -1.23. The lowest BCUT2D eigenvalue weighted by molar-refractivity contribution is -0.122. The second-order valence-corrected chi connectivity index (χ2v) is 5.91. The molecule has 0 aromatic carbocycles. The van der Waals surface area contributed by atoms with Crippen molar-refractivity contribution in [3.63, 3.8) is 0 Å². The van der Waals surface area contributed by atoms with Crippen molar-refractivity contribution in [1.29, 1.82) is 0 Å². The molecule has 1 fully saturated rings. The zero-order valence-electron chi connectivity index (χ0n) is 12.2. The average Bonchev–Trinajstić information content (AvgIpc) is 2.76. The second kappa shape index (κ2) is 6.28. The van der Waals surface area contributed by atoms with Crippen LogP contribution in [0.5, 0.6) is 0 Å². The second-order valence-electron chi connectivity index (χ2n) is 5.91. The number of nitrogens with zero attached hydrogens (tertiary/aromatic N) is 4. The first-order valence-electron chi connectivity index (χ1n) is 7.15. The predicted octanol–water partition coefficient (Wildman–Crippen LogP) is 1.74. The summed E-state index contributed by atoms with van der Waals surface area (Å²) >= 11 is 0. The lowest BCUT2D eigenvalue weighted by atomic mass is 9.93. The zero-order valence-corrected chi connectivity index (χ0v) is 12.2. The summed E-state index contributed by atoms with van der Waals surface area (Å²) in [5.74, 6) is 2.21. The molecule has 2 rings (SSSR count). The van der Waals surface area contributed by atoms with Crippen LogP contribution in [-0.2, 0) is 17.9 Å². The molecule has 0 aliphatic carbocycles. The number of likely N-dealkylation sites (tertiary alicyclic amines) is 1. The molecule has 106 valence electrons. The minimum atomic E-state index is 0.268. The Kier molecular flexibility index (Phi) is 4.69. The van der Waals surface area contributed by atoms with Crippen molar-refractivity contribution in [3.8, 4) is 0 Å². The largest absolute Gasteiger partial charge is 0.300 e. The van der Waals surface area contributed by atoms with Crippen LogP contribution in [0.3, 0.4) is 0 Å². The van der Waals surface area contributed by atoms with E-state index in [2.05, 4.69) is 28.8 Å². The highest BCUT2D eigenvalue weighted by molar-refractivity contribution is 5.78. The number of aromatic nitrogens is 3. The van der Waals surface area contributed by atoms with E-state index >= 15 is 0 Å². The van der Waals surface area contributed by atoms with E-state index in [1.807, 2.05) is 4.68 Å². The first-order valence-corrected chi connectivity index (χ1v) is 7.15. The van der Waals surface area contributed by atoms with Crippen molar-refractivity contribution >= 4 is 5.78 Å². The number of piperidine rings is 1. The van der Waals surface area contributed by atoms with Crippen molar-refractivity contribution in [2.24, 2.45) is 11.8 Å². The number of rotatable bonds is 5. The average molecular weight is 264 g/mol. The first-order chi connectivity index (χ1) is 9.06. The molecular formula is C14H24N4O. The fraction of sp³-hybridized carbons (Fsp3) is 0.786. The van der Waals surface area contributed by atoms with Crippen LogP contribution in [0.15, 0.2) is 6.33 Å². The number of carbonyl (C=O) groups is 1. The first kappa shape index (κ1) is 14.2. The van der Waals surface area contributed by atoms with Crippen LogP contribution < -0.4 is 0 Å². The highest BCUT2D eigenvalue weighted by Crippen LogP contribution is 2.19. The Morgan fingerprint density at radius 1 is 1.42 bits per heavy atom. The lowest BCUT2D eigenvalue weighted by Gasteiger charge is -2.30. The molecule has 0 saturated carbocycles. The molecule has 5 heteroatoms. The summed E-state index contributed by atoms with van der Waals surface area (Å²) < 4.78 is 2.00. The van der Waals surface area contributed by atoms with Crippen LogP contribution in [0.4, 0.5) is 0 Å². The van der Waals surface area contributed by atoms with Crippen LogP contribution in [-0.4, -0.2) is 38.5 Å². The number of hydrogen-bond acceptors (Lipinski definition) is 4. The summed E-state index contributed by atoms with van der Waals surface area (Å²) in [4.78, 5) is 18.1. The maximum Gasteiger partial charge on any atom is 0.141 e. The van der Waals surface area contributed by atoms with E-state index in [-0.39, 0.29) is 5.92 Å². The summed E-state index contributed by atoms with van der Waals surface area (Å²) in [6, 6.07) is 0. The molecule has 0 atom stereocenters. The van der Waals surface area contributed by atoms with E-state index in [0.29, 0.717) is 11.7 Å². The van der Waals surface area contributed by atoms with Crippen LogP contribution in [0.2, 0.25) is 0 Å². The van der Waals surface area contributed by atoms with E-state index in [0.717, 1.165) is 44.8 Å². The SMILES string of the molecule is CC(=O)C1CCN(Cc2ncnn2CC(C)C)CC1. The van der Waals surface area contributed by atoms with Crippen molar-refractivity contribution in [2.45, 2.75) is 46.7 Å². The Morgan fingerprint density at radius 2 is 2.11 bits per heavy atom. The topological polar surface area (TPSA) is 51.0 Å². The van der Waals surface area contributed by atoms with Crippen molar-refractivity contribution in [2.75, 3.05) is 13.1 Å². The lowest BCUT2D eigenvalue weighted by Crippen LogP contribution is -2.36. The molecule has 0 spiro atoms. The van der Waals surface area contributed by atoms with Gasteiger partial charge in [0.05, 0.1) is 6.54 Å². The van der Waals surface area contributed by atoms with Gasteiger partial charge < -0.3 is 0 Å². The number of Topliss-reactive ketones (excluding diaryl/α,β-unsaturated/α-hetero) is 1. The summed E-state index contributed by atoms with van der Waals surface area (Å²) in [5.41, 5.74) is 0. The molecule has 1 aliphatic rings. The number of carbonyl (C=O) groups excluding carboxylic acids is 1. The predicted molar refractivity (Wildman–Crippen MR) is 73.5 cm³/mol. The summed E-state index contributed by atoms with van der Waals surface area (Å²) in [6.45, 7) is 9.81. The van der Waals surface area contributed by atoms with Crippen LogP contribution >= 0.6 is 0 Å². The minimum Gasteiger partial charge on any atom is -0.300 e. The standard InChI is InChI=1S/C14H24N4O/c1-11(2)8-18-14(15-10-16-18)9-17-6-4-13(5-7-17)12(3)19/h10-11,13H,4-9H2,1-3H3. The number of hydrogen-bond donors (Lipinski definition) is 0. The third kappa shape index (κ3) is 3.86. The fourth-order valence-corrected chi connectivity index (χ4v) is 2.61. The van der Waals surface area contributed by atoms with Crippen molar-refractivity contribution in [3.05, 3.63) is 12.2 Å². The van der Waals surface area contributed by atoms with Crippen molar-refractivity contribution in [1.82, 2.24) is 19.7 Å². The molecule has 0 unspecified atom stereocenters. The van der Waals surface area contributed by atoms with E-state index in [4.69, 9.17) is 0 Å². The van der Waals surface area contributed by atoms with Crippen molar-refractivity contribution < 1.29 is 4.79 Å². The molecule has 1 saturated heterocycles. The van der Waals surface area contributed by atoms with Gasteiger partial charge in [-0.05, 0) is 38.8 Å². The highest BCUT2D eigenvalue weighted by Gasteiger charge is 2.23. The number of ketones is 1. The maximum absolute atomic E-state index is 11.4. The molecule has 5 nitrogen and oxygen atoms in total. The molecule has 1 aliphatic heterocycles. The molecule has 0 bridgehead atoms. The van der Waals surface area contributed by atoms with Gasteiger partial charge in [-0.2, -0.15) is 5.10 Å². The van der Waals surface area contributed by atoms with Gasteiger partial charge in [-0.3, -0.25) is 9.69 Å². The molecule has 1 aromatic heterocycles. The van der Waals surface area contributed by atoms with Gasteiger partial charge >= 0.3 is 0 Å². The minimum absolute atomic E-state index is 0.268. The maximum atomic E-state index is 11.4. The fourth-order valence-electron chi connectivity index (χ4n) is 2.61. The van der Waals surface area contributed by atoms with Crippen LogP contribution in [0.1, 0.15) is 39.4 Å². The molecule has 0 amide bonds. The van der Waals surface area contributed by atoms with Crippen LogP contribution in [0.25, 0.3) is 0 Å². The quantitative estimate of drug-likeness (QED) is 0.813. The van der Waals surface area contributed by atoms with Gasteiger partial charge in [-0.15, -0.1) is 0 Å². The molecule has 0 radical (unpaired) electrons. The third-order valence-corrected chi connectivity index (χ3v) is 3.76. The molecule has 19 heavy (non-hydrogen) atoms. The molecular weight excluding hydrogens is 240 g/mol. The Morgan fingerprint density at radius 3 is 2.68 bits per heavy atom.